The van der Waals surface area contributed by atoms with Crippen LogP contribution in [0.1, 0.15) is 15.9 Å². The molecule has 0 aliphatic carbocycles. The third kappa shape index (κ3) is 4.56. The predicted molar refractivity (Wildman–Crippen MR) is 94.7 cm³/mol. The third-order valence-corrected chi connectivity index (χ3v) is 5.82. The van der Waals surface area contributed by atoms with Gasteiger partial charge in [-0.2, -0.15) is 4.31 Å². The van der Waals surface area contributed by atoms with E-state index in [1.54, 1.807) is 12.1 Å². The number of nitrogens with one attached hydrogen (secondary N) is 1. The first-order valence-corrected chi connectivity index (χ1v) is 9.30. The zero-order chi connectivity index (χ0) is 18.6. The van der Waals surface area contributed by atoms with Crippen molar-refractivity contribution in [3.8, 4) is 0 Å². The Balaban J connectivity index is 1.99. The Hall–Kier alpha value is -1.96. The van der Waals surface area contributed by atoms with Gasteiger partial charge < -0.3 is 5.32 Å². The van der Waals surface area contributed by atoms with Crippen molar-refractivity contribution in [2.45, 2.75) is 11.8 Å². The van der Waals surface area contributed by atoms with Crippen molar-refractivity contribution in [1.82, 2.24) is 9.62 Å². The van der Waals surface area contributed by atoms with Gasteiger partial charge in [0.25, 0.3) is 5.91 Å². The lowest BCUT2D eigenvalue weighted by Crippen LogP contribution is -2.36. The molecule has 134 valence electrons. The van der Waals surface area contributed by atoms with Crippen LogP contribution in [0.3, 0.4) is 0 Å². The standard InChI is InChI=1S/C17H18ClFN2O3S/c1-12-6-8-13(9-7-12)25(23,24)21(2)11-10-20-17(22)16-14(18)4-3-5-15(16)19/h3-9H,10-11H2,1-2H3,(H,20,22). The quantitative estimate of drug-likeness (QED) is 0.832. The molecule has 1 amide bonds. The topological polar surface area (TPSA) is 66.5 Å². The molecule has 2 rings (SSSR count). The molecule has 1 N–H and O–H groups in total. The second kappa shape index (κ2) is 7.95. The summed E-state index contributed by atoms with van der Waals surface area (Å²) in [6, 6.07) is 10.4. The molecule has 0 fully saturated rings. The zero-order valence-corrected chi connectivity index (χ0v) is 15.4. The number of amides is 1. The number of hydrogen-bond donors (Lipinski definition) is 1. The maximum atomic E-state index is 13.7. The number of aryl methyl sites for hydroxylation is 1. The molecule has 0 aromatic heterocycles. The molecular formula is C17H18ClFN2O3S. The van der Waals surface area contributed by atoms with Gasteiger partial charge in [0.05, 0.1) is 15.5 Å². The van der Waals surface area contributed by atoms with Crippen LogP contribution in [0.25, 0.3) is 0 Å². The molecule has 0 radical (unpaired) electrons. The highest BCUT2D eigenvalue weighted by Crippen LogP contribution is 2.18. The number of benzene rings is 2. The molecule has 25 heavy (non-hydrogen) atoms. The highest BCUT2D eigenvalue weighted by Gasteiger charge is 2.21. The van der Waals surface area contributed by atoms with E-state index < -0.39 is 21.7 Å². The van der Waals surface area contributed by atoms with E-state index in [2.05, 4.69) is 5.32 Å². The minimum Gasteiger partial charge on any atom is -0.351 e. The number of sulfonamides is 1. The Labute approximate surface area is 151 Å². The Morgan fingerprint density at radius 3 is 2.44 bits per heavy atom. The highest BCUT2D eigenvalue weighted by atomic mass is 35.5. The van der Waals surface area contributed by atoms with Crippen LogP contribution in [-0.4, -0.2) is 38.8 Å². The molecule has 0 spiro atoms. The fourth-order valence-electron chi connectivity index (χ4n) is 2.14. The first kappa shape index (κ1) is 19.4. The summed E-state index contributed by atoms with van der Waals surface area (Å²) in [6.07, 6.45) is 0. The molecule has 8 heteroatoms. The summed E-state index contributed by atoms with van der Waals surface area (Å²) in [7, 11) is -2.24. The predicted octanol–water partition coefficient (Wildman–Crippen LogP) is 2.84. The number of likely N-dealkylation sites (N-methyl/N-ethyl adjacent to an activating group) is 1. The molecule has 0 bridgehead atoms. The first-order chi connectivity index (χ1) is 11.7. The van der Waals surface area contributed by atoms with Gasteiger partial charge in [-0.05, 0) is 31.2 Å². The van der Waals surface area contributed by atoms with E-state index >= 15 is 0 Å². The van der Waals surface area contributed by atoms with Crippen LogP contribution in [0.5, 0.6) is 0 Å². The van der Waals surface area contributed by atoms with Crippen LogP contribution in [0.15, 0.2) is 47.4 Å². The summed E-state index contributed by atoms with van der Waals surface area (Å²) in [5, 5.41) is 2.47. The Morgan fingerprint density at radius 1 is 1.20 bits per heavy atom. The molecule has 5 nitrogen and oxygen atoms in total. The van der Waals surface area contributed by atoms with Crippen LogP contribution in [0.4, 0.5) is 4.39 Å². The van der Waals surface area contributed by atoms with Crippen molar-refractivity contribution in [2.24, 2.45) is 0 Å². The highest BCUT2D eigenvalue weighted by molar-refractivity contribution is 7.89. The SMILES string of the molecule is Cc1ccc(S(=O)(=O)N(C)CCNC(=O)c2c(F)cccc2Cl)cc1. The fourth-order valence-corrected chi connectivity index (χ4v) is 3.56. The normalized spacial score (nSPS) is 11.6. The van der Waals surface area contributed by atoms with Crippen LogP contribution in [-0.2, 0) is 10.0 Å². The van der Waals surface area contributed by atoms with E-state index in [9.17, 15) is 17.6 Å². The largest absolute Gasteiger partial charge is 0.351 e. The average Bonchev–Trinajstić information content (AvgIpc) is 2.55. The van der Waals surface area contributed by atoms with Crippen molar-refractivity contribution in [3.05, 3.63) is 64.4 Å². The summed E-state index contributed by atoms with van der Waals surface area (Å²) in [6.45, 7) is 1.92. The minimum atomic E-state index is -3.65. The van der Waals surface area contributed by atoms with Crippen molar-refractivity contribution in [3.63, 3.8) is 0 Å². The third-order valence-electron chi connectivity index (χ3n) is 3.63. The van der Waals surface area contributed by atoms with Crippen LogP contribution >= 0.6 is 11.6 Å². The molecule has 0 aliphatic heterocycles. The monoisotopic (exact) mass is 384 g/mol. The lowest BCUT2D eigenvalue weighted by molar-refractivity contribution is 0.0948. The van der Waals surface area contributed by atoms with Crippen molar-refractivity contribution in [1.29, 1.82) is 0 Å². The van der Waals surface area contributed by atoms with E-state index in [1.807, 2.05) is 6.92 Å². The van der Waals surface area contributed by atoms with Crippen molar-refractivity contribution >= 4 is 27.5 Å². The lowest BCUT2D eigenvalue weighted by Gasteiger charge is -2.17. The molecule has 0 heterocycles. The number of nitrogens with zero attached hydrogens (tertiary/aromatic N) is 1. The maximum absolute atomic E-state index is 13.7. The van der Waals surface area contributed by atoms with Crippen LogP contribution in [0.2, 0.25) is 5.02 Å². The second-order valence-electron chi connectivity index (χ2n) is 5.49. The van der Waals surface area contributed by atoms with Crippen LogP contribution in [0, 0.1) is 12.7 Å². The Bertz CT molecular complexity index is 850. The number of carbonyl (C=O) groups is 1. The van der Waals surface area contributed by atoms with Gasteiger partial charge in [-0.15, -0.1) is 0 Å². The van der Waals surface area contributed by atoms with Gasteiger partial charge in [0.15, 0.2) is 0 Å². The molecule has 0 unspecified atom stereocenters. The van der Waals surface area contributed by atoms with E-state index in [0.717, 1.165) is 15.9 Å². The van der Waals surface area contributed by atoms with Crippen molar-refractivity contribution < 1.29 is 17.6 Å². The smallest absolute Gasteiger partial charge is 0.255 e. The second-order valence-corrected chi connectivity index (χ2v) is 7.94. The molecule has 2 aromatic carbocycles. The molecule has 0 atom stereocenters. The number of carbonyl (C=O) groups excluding carboxylic acids is 1. The van der Waals surface area contributed by atoms with Gasteiger partial charge >= 0.3 is 0 Å². The summed E-state index contributed by atoms with van der Waals surface area (Å²) in [5.41, 5.74) is 0.698. The lowest BCUT2D eigenvalue weighted by atomic mass is 10.2. The van der Waals surface area contributed by atoms with Gasteiger partial charge in [-0.1, -0.05) is 35.4 Å². The van der Waals surface area contributed by atoms with Crippen molar-refractivity contribution in [2.75, 3.05) is 20.1 Å². The summed E-state index contributed by atoms with van der Waals surface area (Å²) in [5.74, 6) is -1.42. The molecular weight excluding hydrogens is 367 g/mol. The Kier molecular flexibility index (Phi) is 6.16. The fraction of sp³-hybridized carbons (Fsp3) is 0.235. The first-order valence-electron chi connectivity index (χ1n) is 7.48. The van der Waals surface area contributed by atoms with Crippen LogP contribution < -0.4 is 5.32 Å². The number of halogens is 2. The van der Waals surface area contributed by atoms with E-state index in [0.29, 0.717) is 0 Å². The van der Waals surface area contributed by atoms with Gasteiger partial charge in [0.1, 0.15) is 5.82 Å². The number of rotatable bonds is 6. The zero-order valence-electron chi connectivity index (χ0n) is 13.8. The maximum Gasteiger partial charge on any atom is 0.255 e. The Morgan fingerprint density at radius 2 is 1.84 bits per heavy atom. The molecule has 0 aliphatic rings. The van der Waals surface area contributed by atoms with Gasteiger partial charge in [-0.3, -0.25) is 4.79 Å². The molecule has 0 saturated carbocycles. The summed E-state index contributed by atoms with van der Waals surface area (Å²) >= 11 is 5.82. The van der Waals surface area contributed by atoms with Gasteiger partial charge in [0.2, 0.25) is 10.0 Å². The summed E-state index contributed by atoms with van der Waals surface area (Å²) < 4.78 is 39.7. The van der Waals surface area contributed by atoms with Gasteiger partial charge in [0, 0.05) is 20.1 Å². The minimum absolute atomic E-state index is 0.00173. The van der Waals surface area contributed by atoms with E-state index in [4.69, 9.17) is 11.6 Å². The molecule has 0 saturated heterocycles. The van der Waals surface area contributed by atoms with E-state index in [1.165, 1.54) is 31.3 Å². The number of hydrogen-bond acceptors (Lipinski definition) is 3. The van der Waals surface area contributed by atoms with Gasteiger partial charge in [-0.25, -0.2) is 12.8 Å². The molecule has 2 aromatic rings. The van der Waals surface area contributed by atoms with E-state index in [-0.39, 0.29) is 28.6 Å². The summed E-state index contributed by atoms with van der Waals surface area (Å²) in [4.78, 5) is 12.2. The average molecular weight is 385 g/mol.